The maximum atomic E-state index is 12.4. The summed E-state index contributed by atoms with van der Waals surface area (Å²) in [5.74, 6) is -3.38. The molecule has 8 heteroatoms. The van der Waals surface area contributed by atoms with Gasteiger partial charge in [-0.2, -0.15) is 8.78 Å². The van der Waals surface area contributed by atoms with E-state index in [2.05, 4.69) is 0 Å². The number of rotatable bonds is 8. The van der Waals surface area contributed by atoms with Crippen LogP contribution < -0.4 is 0 Å². The number of ether oxygens (including phenoxy) is 2. The fourth-order valence-electron chi connectivity index (χ4n) is 2.15. The second kappa shape index (κ2) is 9.91. The Morgan fingerprint density at radius 2 is 1.63 bits per heavy atom. The highest BCUT2D eigenvalue weighted by Crippen LogP contribution is 2.29. The summed E-state index contributed by atoms with van der Waals surface area (Å²) in [5, 5.41) is 0. The molecule has 5 nitrogen and oxygen atoms in total. The number of thioether (sulfide) groups is 1. The number of hydrogen-bond donors (Lipinski definition) is 0. The highest BCUT2D eigenvalue weighted by molar-refractivity contribution is 7.99. The maximum Gasteiger partial charge on any atom is 0.345 e. The van der Waals surface area contributed by atoms with E-state index in [0.29, 0.717) is 28.0 Å². The van der Waals surface area contributed by atoms with Crippen molar-refractivity contribution in [2.45, 2.75) is 24.5 Å². The third kappa shape index (κ3) is 5.96. The largest absolute Gasteiger partial charge is 0.462 e. The first-order valence-corrected chi connectivity index (χ1v) is 9.03. The molecule has 0 bridgehead atoms. The van der Waals surface area contributed by atoms with Gasteiger partial charge in [0.25, 0.3) is 5.76 Å². The van der Waals surface area contributed by atoms with Gasteiger partial charge in [-0.3, -0.25) is 0 Å². The fourth-order valence-corrected chi connectivity index (χ4v) is 2.65. The van der Waals surface area contributed by atoms with Gasteiger partial charge in [-0.1, -0.05) is 23.9 Å². The molecule has 144 valence electrons. The zero-order valence-corrected chi connectivity index (χ0v) is 15.6. The predicted octanol–water partition coefficient (Wildman–Crippen LogP) is 4.77. The average Bonchev–Trinajstić information content (AvgIpc) is 3.09. The Morgan fingerprint density at radius 1 is 1.04 bits per heavy atom. The summed E-state index contributed by atoms with van der Waals surface area (Å²) in [7, 11) is 0. The lowest BCUT2D eigenvalue weighted by atomic mass is 10.2. The van der Waals surface area contributed by atoms with Crippen molar-refractivity contribution in [1.82, 2.24) is 0 Å². The van der Waals surface area contributed by atoms with E-state index in [1.54, 1.807) is 50.2 Å². The molecule has 2 aromatic rings. The van der Waals surface area contributed by atoms with Crippen LogP contribution in [-0.4, -0.2) is 30.9 Å². The molecule has 0 amide bonds. The molecule has 0 aliphatic carbocycles. The van der Waals surface area contributed by atoms with Gasteiger partial charge in [0, 0.05) is 16.5 Å². The minimum atomic E-state index is -2.49. The smallest absolute Gasteiger partial charge is 0.345 e. The highest BCUT2D eigenvalue weighted by Gasteiger charge is 2.21. The zero-order chi connectivity index (χ0) is 19.8. The van der Waals surface area contributed by atoms with E-state index in [9.17, 15) is 18.4 Å². The first-order chi connectivity index (χ1) is 12.9. The van der Waals surface area contributed by atoms with E-state index < -0.39 is 17.7 Å². The van der Waals surface area contributed by atoms with Crippen LogP contribution >= 0.6 is 11.8 Å². The second-order valence-electron chi connectivity index (χ2n) is 5.10. The molecule has 27 heavy (non-hydrogen) atoms. The van der Waals surface area contributed by atoms with Crippen LogP contribution in [0.4, 0.5) is 8.78 Å². The fraction of sp³-hybridized carbons (Fsp3) is 0.263. The van der Waals surface area contributed by atoms with Gasteiger partial charge in [0.05, 0.1) is 13.2 Å². The standard InChI is InChI=1S/C19H18F2O5S/c1-3-24-17(22)15(18(23)25-4-2)11-13-7-10-16(26-13)12-5-8-14(9-6-12)27-19(20)21/h5-11,19H,3-4H2,1-2H3. The van der Waals surface area contributed by atoms with Crippen molar-refractivity contribution in [2.75, 3.05) is 13.2 Å². The van der Waals surface area contributed by atoms with Crippen LogP contribution in [0.1, 0.15) is 19.6 Å². The average molecular weight is 396 g/mol. The molecule has 0 aliphatic heterocycles. The van der Waals surface area contributed by atoms with Crippen molar-refractivity contribution in [3.8, 4) is 11.3 Å². The molecular weight excluding hydrogens is 378 g/mol. The molecule has 2 rings (SSSR count). The normalized spacial score (nSPS) is 10.6. The Hall–Kier alpha value is -2.61. The maximum absolute atomic E-state index is 12.4. The number of hydrogen-bond acceptors (Lipinski definition) is 6. The molecule has 0 N–H and O–H groups in total. The summed E-state index contributed by atoms with van der Waals surface area (Å²) in [6.45, 7) is 3.48. The van der Waals surface area contributed by atoms with Gasteiger partial charge in [0.1, 0.15) is 17.1 Å². The molecule has 0 unspecified atom stereocenters. The molecule has 0 saturated carbocycles. The molecule has 1 aromatic carbocycles. The van der Waals surface area contributed by atoms with Gasteiger partial charge < -0.3 is 13.9 Å². The van der Waals surface area contributed by atoms with Gasteiger partial charge in [-0.05, 0) is 38.1 Å². The second-order valence-corrected chi connectivity index (χ2v) is 6.17. The SMILES string of the molecule is CCOC(=O)C(=Cc1ccc(-c2ccc(SC(F)F)cc2)o1)C(=O)OCC. The van der Waals surface area contributed by atoms with Crippen LogP contribution in [0.2, 0.25) is 0 Å². The topological polar surface area (TPSA) is 65.7 Å². The van der Waals surface area contributed by atoms with E-state index in [4.69, 9.17) is 13.9 Å². The molecule has 1 aromatic heterocycles. The lowest BCUT2D eigenvalue weighted by Crippen LogP contribution is -2.18. The number of carbonyl (C=O) groups is 2. The molecule has 0 aliphatic rings. The Bertz CT molecular complexity index is 792. The van der Waals surface area contributed by atoms with E-state index in [1.807, 2.05) is 0 Å². The minimum Gasteiger partial charge on any atom is -0.462 e. The first-order valence-electron chi connectivity index (χ1n) is 8.15. The van der Waals surface area contributed by atoms with Crippen molar-refractivity contribution >= 4 is 29.8 Å². The molecule has 0 fully saturated rings. The number of halogens is 2. The lowest BCUT2D eigenvalue weighted by molar-refractivity contribution is -0.146. The zero-order valence-electron chi connectivity index (χ0n) is 14.7. The summed E-state index contributed by atoms with van der Waals surface area (Å²) in [6, 6.07) is 9.65. The van der Waals surface area contributed by atoms with Crippen molar-refractivity contribution < 1.29 is 32.3 Å². The number of carbonyl (C=O) groups excluding carboxylic acids is 2. The van der Waals surface area contributed by atoms with Gasteiger partial charge >= 0.3 is 11.9 Å². The summed E-state index contributed by atoms with van der Waals surface area (Å²) in [4.78, 5) is 24.4. The number of alkyl halides is 2. The van der Waals surface area contributed by atoms with Gasteiger partial charge in [-0.25, -0.2) is 9.59 Å². The third-order valence-corrected chi connectivity index (χ3v) is 3.99. The van der Waals surface area contributed by atoms with Crippen LogP contribution in [0.5, 0.6) is 0 Å². The summed E-state index contributed by atoms with van der Waals surface area (Å²) in [5.41, 5.74) is 0.394. The van der Waals surface area contributed by atoms with Gasteiger partial charge in [0.2, 0.25) is 0 Å². The van der Waals surface area contributed by atoms with Crippen LogP contribution in [0, 0.1) is 0 Å². The van der Waals surface area contributed by atoms with E-state index in [1.165, 1.54) is 6.08 Å². The number of esters is 2. The monoisotopic (exact) mass is 396 g/mol. The van der Waals surface area contributed by atoms with Crippen molar-refractivity contribution in [3.63, 3.8) is 0 Å². The highest BCUT2D eigenvalue weighted by atomic mass is 32.2. The summed E-state index contributed by atoms with van der Waals surface area (Å²) in [6.07, 6.45) is 1.25. The van der Waals surface area contributed by atoms with Crippen molar-refractivity contribution in [2.24, 2.45) is 0 Å². The minimum absolute atomic E-state index is 0.113. The van der Waals surface area contributed by atoms with E-state index in [0.717, 1.165) is 0 Å². The third-order valence-electron chi connectivity index (χ3n) is 3.27. The molecular formula is C19H18F2O5S. The van der Waals surface area contributed by atoms with Gasteiger partial charge in [-0.15, -0.1) is 0 Å². The van der Waals surface area contributed by atoms with E-state index in [-0.39, 0.29) is 24.5 Å². The Balaban J connectivity index is 2.24. The first kappa shape index (κ1) is 20.7. The molecule has 0 radical (unpaired) electrons. The number of benzene rings is 1. The Morgan fingerprint density at radius 3 is 2.15 bits per heavy atom. The predicted molar refractivity (Wildman–Crippen MR) is 97.2 cm³/mol. The summed E-state index contributed by atoms with van der Waals surface area (Å²) < 4.78 is 40.1. The van der Waals surface area contributed by atoms with E-state index >= 15 is 0 Å². The van der Waals surface area contributed by atoms with Crippen molar-refractivity contribution in [3.05, 3.63) is 47.7 Å². The van der Waals surface area contributed by atoms with Crippen LogP contribution in [-0.2, 0) is 19.1 Å². The Labute approximate surface area is 159 Å². The molecule has 0 saturated heterocycles. The number of furan rings is 1. The van der Waals surface area contributed by atoms with Crippen LogP contribution in [0.15, 0.2) is 51.3 Å². The van der Waals surface area contributed by atoms with Crippen LogP contribution in [0.25, 0.3) is 17.4 Å². The summed E-state index contributed by atoms with van der Waals surface area (Å²) >= 11 is 0.455. The molecule has 0 atom stereocenters. The van der Waals surface area contributed by atoms with Gasteiger partial charge in [0.15, 0.2) is 0 Å². The molecule has 1 heterocycles. The Kier molecular flexibility index (Phi) is 7.60. The quantitative estimate of drug-likeness (QED) is 0.211. The molecule has 0 spiro atoms. The van der Waals surface area contributed by atoms with Crippen molar-refractivity contribution in [1.29, 1.82) is 0 Å². The van der Waals surface area contributed by atoms with Crippen LogP contribution in [0.3, 0.4) is 0 Å². The lowest BCUT2D eigenvalue weighted by Gasteiger charge is -2.05.